The highest BCUT2D eigenvalue weighted by molar-refractivity contribution is 7.10. The number of nitrogens with zero attached hydrogens (tertiary/aromatic N) is 2. The van der Waals surface area contributed by atoms with Crippen LogP contribution in [0.25, 0.3) is 11.3 Å². The molecule has 3 atom stereocenters. The average Bonchev–Trinajstić information content (AvgIpc) is 3.41. The molecule has 4 nitrogen and oxygen atoms in total. The van der Waals surface area contributed by atoms with Gasteiger partial charge in [-0.3, -0.25) is 0 Å². The largest absolute Gasteiger partial charge is 0.391 e. The van der Waals surface area contributed by atoms with Gasteiger partial charge in [0.05, 0.1) is 16.8 Å². The second-order valence-electron chi connectivity index (χ2n) is 11.6. The van der Waals surface area contributed by atoms with Crippen LogP contribution in [0, 0.1) is 0 Å². The molecule has 1 aliphatic carbocycles. The fourth-order valence-electron chi connectivity index (χ4n) is 6.00. The number of aromatic nitrogens is 1. The van der Waals surface area contributed by atoms with E-state index in [1.54, 1.807) is 0 Å². The van der Waals surface area contributed by atoms with Crippen LogP contribution in [0.4, 0.5) is 0 Å². The molecular weight excluding hydrogens is 414 g/mol. The van der Waals surface area contributed by atoms with Gasteiger partial charge < -0.3 is 15.3 Å². The van der Waals surface area contributed by atoms with Gasteiger partial charge in [-0.1, -0.05) is 39.8 Å². The molecule has 0 spiro atoms. The summed E-state index contributed by atoms with van der Waals surface area (Å²) in [6.45, 7) is 13.6. The minimum absolute atomic E-state index is 0.194. The van der Waals surface area contributed by atoms with Crippen molar-refractivity contribution < 1.29 is 5.11 Å². The molecule has 1 aromatic carbocycles. The Morgan fingerprint density at radius 1 is 1.12 bits per heavy atom. The number of hydrogen-bond acceptors (Lipinski definition) is 5. The van der Waals surface area contributed by atoms with Gasteiger partial charge in [-0.15, -0.1) is 11.3 Å². The summed E-state index contributed by atoms with van der Waals surface area (Å²) in [6, 6.07) is 7.31. The van der Waals surface area contributed by atoms with Crippen molar-refractivity contribution >= 4 is 11.3 Å². The van der Waals surface area contributed by atoms with Crippen LogP contribution >= 0.6 is 11.3 Å². The molecule has 174 valence electrons. The number of thiazole rings is 1. The third-order valence-electron chi connectivity index (χ3n) is 8.29. The molecule has 0 bridgehead atoms. The summed E-state index contributed by atoms with van der Waals surface area (Å²) in [5.74, 6) is 0.508. The summed E-state index contributed by atoms with van der Waals surface area (Å²) >= 11 is 1.83. The van der Waals surface area contributed by atoms with Crippen LogP contribution in [-0.4, -0.2) is 53.3 Å². The summed E-state index contributed by atoms with van der Waals surface area (Å²) in [6.07, 6.45) is 5.60. The first kappa shape index (κ1) is 22.5. The highest BCUT2D eigenvalue weighted by Gasteiger charge is 2.37. The van der Waals surface area contributed by atoms with Crippen molar-refractivity contribution in [1.29, 1.82) is 0 Å². The smallest absolute Gasteiger partial charge is 0.0976 e. The summed E-state index contributed by atoms with van der Waals surface area (Å²) in [7, 11) is 0. The monoisotopic (exact) mass is 453 g/mol. The zero-order valence-electron chi connectivity index (χ0n) is 20.2. The Bertz CT molecular complexity index is 966. The van der Waals surface area contributed by atoms with E-state index in [-0.39, 0.29) is 23.0 Å². The van der Waals surface area contributed by atoms with Gasteiger partial charge in [0, 0.05) is 36.0 Å². The lowest BCUT2D eigenvalue weighted by molar-refractivity contribution is 0.117. The van der Waals surface area contributed by atoms with Gasteiger partial charge in [0.25, 0.3) is 0 Å². The highest BCUT2D eigenvalue weighted by Crippen LogP contribution is 2.47. The molecule has 5 rings (SSSR count). The zero-order chi connectivity index (χ0) is 22.5. The topological polar surface area (TPSA) is 48.4 Å². The number of likely N-dealkylation sites (tertiary alicyclic amines) is 1. The number of aliphatic hydroxyl groups is 1. The maximum absolute atomic E-state index is 10.2. The Balaban J connectivity index is 1.34. The minimum Gasteiger partial charge on any atom is -0.391 e. The van der Waals surface area contributed by atoms with Crippen LogP contribution in [-0.2, 0) is 10.8 Å². The number of nitrogens with one attached hydrogen (secondary N) is 1. The van der Waals surface area contributed by atoms with Crippen molar-refractivity contribution in [2.24, 2.45) is 0 Å². The van der Waals surface area contributed by atoms with Crippen molar-refractivity contribution in [3.8, 4) is 11.3 Å². The summed E-state index contributed by atoms with van der Waals surface area (Å²) in [4.78, 5) is 7.68. The van der Waals surface area contributed by atoms with Gasteiger partial charge in [0.2, 0.25) is 0 Å². The molecule has 2 fully saturated rings. The Hall–Kier alpha value is -1.27. The molecule has 2 saturated heterocycles. The Kier molecular flexibility index (Phi) is 5.98. The van der Waals surface area contributed by atoms with Crippen molar-refractivity contribution in [3.05, 3.63) is 39.7 Å². The Morgan fingerprint density at radius 3 is 2.66 bits per heavy atom. The van der Waals surface area contributed by atoms with E-state index in [1.807, 2.05) is 11.3 Å². The van der Waals surface area contributed by atoms with Gasteiger partial charge in [0.1, 0.15) is 0 Å². The van der Waals surface area contributed by atoms with Crippen LogP contribution in [0.15, 0.2) is 23.6 Å². The lowest BCUT2D eigenvalue weighted by Crippen LogP contribution is -2.45. The van der Waals surface area contributed by atoms with E-state index in [0.717, 1.165) is 38.3 Å². The molecular formula is C27H39N3OS. The molecule has 2 N–H and O–H groups in total. The number of rotatable bonds is 4. The molecule has 2 aromatic rings. The van der Waals surface area contributed by atoms with Gasteiger partial charge in [-0.05, 0) is 73.2 Å². The summed E-state index contributed by atoms with van der Waals surface area (Å²) in [5, 5.41) is 17.2. The standard InChI is InChI=1S/C27H39N3OS/c1-26(2)10-11-27(3,4)21-14-18(7-8-20(21)26)23-17-32-25(29-23)19-6-5-13-30(15-19)16-22-24(31)9-12-28-22/h7-8,14,17,19,22,24,28,31H,5-6,9-13,15-16H2,1-4H3/t19?,22-,24?/m1/s1. The number of benzene rings is 1. The van der Waals surface area contributed by atoms with Gasteiger partial charge >= 0.3 is 0 Å². The van der Waals surface area contributed by atoms with Crippen molar-refractivity contribution in [3.63, 3.8) is 0 Å². The second kappa shape index (κ2) is 8.50. The van der Waals surface area contributed by atoms with Crippen LogP contribution < -0.4 is 5.32 Å². The predicted octanol–water partition coefficient (Wildman–Crippen LogP) is 5.06. The summed E-state index contributed by atoms with van der Waals surface area (Å²) < 4.78 is 0. The van der Waals surface area contributed by atoms with Crippen LogP contribution in [0.5, 0.6) is 0 Å². The molecule has 3 aliphatic rings. The molecule has 0 radical (unpaired) electrons. The minimum atomic E-state index is -0.194. The maximum Gasteiger partial charge on any atom is 0.0976 e. The van der Waals surface area contributed by atoms with E-state index in [4.69, 9.17) is 4.98 Å². The van der Waals surface area contributed by atoms with E-state index < -0.39 is 0 Å². The zero-order valence-corrected chi connectivity index (χ0v) is 21.0. The van der Waals surface area contributed by atoms with Crippen molar-refractivity contribution in [2.75, 3.05) is 26.2 Å². The van der Waals surface area contributed by atoms with Crippen LogP contribution in [0.2, 0.25) is 0 Å². The first-order valence-electron chi connectivity index (χ1n) is 12.5. The third-order valence-corrected chi connectivity index (χ3v) is 9.30. The first-order valence-corrected chi connectivity index (χ1v) is 13.4. The fraction of sp³-hybridized carbons (Fsp3) is 0.667. The normalized spacial score (nSPS) is 29.7. The highest BCUT2D eigenvalue weighted by atomic mass is 32.1. The van der Waals surface area contributed by atoms with Crippen molar-refractivity contribution in [2.45, 2.75) is 88.7 Å². The molecule has 32 heavy (non-hydrogen) atoms. The lowest BCUT2D eigenvalue weighted by Gasteiger charge is -2.42. The average molecular weight is 454 g/mol. The van der Waals surface area contributed by atoms with Crippen molar-refractivity contribution in [1.82, 2.24) is 15.2 Å². The predicted molar refractivity (Wildman–Crippen MR) is 134 cm³/mol. The number of piperidine rings is 1. The Labute approximate surface area is 197 Å². The first-order chi connectivity index (χ1) is 15.2. The fourth-order valence-corrected chi connectivity index (χ4v) is 6.95. The molecule has 0 saturated carbocycles. The molecule has 3 heterocycles. The second-order valence-corrected chi connectivity index (χ2v) is 12.5. The van der Waals surface area contributed by atoms with Gasteiger partial charge in [-0.2, -0.15) is 0 Å². The molecule has 2 aliphatic heterocycles. The van der Waals surface area contributed by atoms with E-state index >= 15 is 0 Å². The van der Waals surface area contributed by atoms with Gasteiger partial charge in [-0.25, -0.2) is 4.98 Å². The number of fused-ring (bicyclic) bond motifs is 1. The quantitative estimate of drug-likeness (QED) is 0.679. The Morgan fingerprint density at radius 2 is 1.91 bits per heavy atom. The van der Waals surface area contributed by atoms with Crippen LogP contribution in [0.1, 0.15) is 81.9 Å². The van der Waals surface area contributed by atoms with Crippen LogP contribution in [0.3, 0.4) is 0 Å². The number of hydrogen-bond donors (Lipinski definition) is 2. The van der Waals surface area contributed by atoms with E-state index in [2.05, 4.69) is 61.5 Å². The van der Waals surface area contributed by atoms with E-state index in [0.29, 0.717) is 5.92 Å². The van der Waals surface area contributed by atoms with E-state index in [9.17, 15) is 5.11 Å². The molecule has 1 aromatic heterocycles. The molecule has 2 unspecified atom stereocenters. The molecule has 0 amide bonds. The van der Waals surface area contributed by atoms with Gasteiger partial charge in [0.15, 0.2) is 0 Å². The van der Waals surface area contributed by atoms with E-state index in [1.165, 1.54) is 47.4 Å². The SMILES string of the molecule is CC1(C)CCC(C)(C)c2cc(-c3csc(C4CCCN(C[C@H]5NCCC5O)C4)n3)ccc21. The molecule has 5 heteroatoms. The summed E-state index contributed by atoms with van der Waals surface area (Å²) in [5.41, 5.74) is 5.90. The lowest BCUT2D eigenvalue weighted by atomic mass is 9.63. The number of aliphatic hydroxyl groups excluding tert-OH is 1. The third kappa shape index (κ3) is 4.29. The maximum atomic E-state index is 10.2.